The van der Waals surface area contributed by atoms with E-state index in [0.717, 1.165) is 12.8 Å². The highest BCUT2D eigenvalue weighted by atomic mass is 14.3. The molecule has 5 rings (SSSR count). The fourth-order valence-corrected chi connectivity index (χ4v) is 5.17. The van der Waals surface area contributed by atoms with Gasteiger partial charge in [0.2, 0.25) is 0 Å². The molecule has 0 radical (unpaired) electrons. The topological polar surface area (TPSA) is 0 Å². The first-order valence-electron chi connectivity index (χ1n) is 10.5. The van der Waals surface area contributed by atoms with E-state index >= 15 is 0 Å². The maximum atomic E-state index is 3.90. The SMILES string of the molecule is C=CCCC1=CC(CCC2c3ccccc3-c3ccccc32)c2ccccc21. The quantitative estimate of drug-likeness (QED) is 0.394. The van der Waals surface area contributed by atoms with Gasteiger partial charge < -0.3 is 0 Å². The number of benzene rings is 3. The zero-order chi connectivity index (χ0) is 18.9. The van der Waals surface area contributed by atoms with Gasteiger partial charge in [0, 0.05) is 11.8 Å². The second kappa shape index (κ2) is 7.28. The van der Waals surface area contributed by atoms with Crippen molar-refractivity contribution in [3.63, 3.8) is 0 Å². The van der Waals surface area contributed by atoms with E-state index in [1.807, 2.05) is 6.08 Å². The molecule has 3 aromatic carbocycles. The van der Waals surface area contributed by atoms with Gasteiger partial charge in [0.05, 0.1) is 0 Å². The van der Waals surface area contributed by atoms with Gasteiger partial charge in [0.1, 0.15) is 0 Å². The molecule has 0 N–H and O–H groups in total. The highest BCUT2D eigenvalue weighted by Gasteiger charge is 2.29. The summed E-state index contributed by atoms with van der Waals surface area (Å²) in [6, 6.07) is 26.9. The average molecular weight is 363 g/mol. The first-order valence-corrected chi connectivity index (χ1v) is 10.5. The van der Waals surface area contributed by atoms with E-state index in [2.05, 4.69) is 85.5 Å². The monoisotopic (exact) mass is 362 g/mol. The van der Waals surface area contributed by atoms with Gasteiger partial charge in [-0.3, -0.25) is 0 Å². The van der Waals surface area contributed by atoms with Gasteiger partial charge in [0.25, 0.3) is 0 Å². The molecule has 3 aromatic rings. The Morgan fingerprint density at radius 1 is 0.679 bits per heavy atom. The van der Waals surface area contributed by atoms with Crippen molar-refractivity contribution in [1.29, 1.82) is 0 Å². The summed E-state index contributed by atoms with van der Waals surface area (Å²) in [5.41, 5.74) is 10.3. The molecule has 0 aliphatic heterocycles. The van der Waals surface area contributed by atoms with E-state index in [-0.39, 0.29) is 0 Å². The smallest absolute Gasteiger partial charge is 0.0102 e. The van der Waals surface area contributed by atoms with Crippen LogP contribution in [0.5, 0.6) is 0 Å². The van der Waals surface area contributed by atoms with Crippen LogP contribution in [0, 0.1) is 0 Å². The van der Waals surface area contributed by atoms with E-state index in [9.17, 15) is 0 Å². The lowest BCUT2D eigenvalue weighted by atomic mass is 9.87. The Bertz CT molecular complexity index is 1010. The Morgan fingerprint density at radius 2 is 1.25 bits per heavy atom. The van der Waals surface area contributed by atoms with Gasteiger partial charge in [-0.15, -0.1) is 6.58 Å². The molecule has 0 heteroatoms. The molecule has 0 fully saturated rings. The van der Waals surface area contributed by atoms with Crippen LogP contribution in [0.15, 0.2) is 91.5 Å². The fourth-order valence-electron chi connectivity index (χ4n) is 5.17. The maximum absolute atomic E-state index is 3.90. The number of hydrogen-bond donors (Lipinski definition) is 0. The van der Waals surface area contributed by atoms with Crippen LogP contribution in [0.1, 0.15) is 59.8 Å². The van der Waals surface area contributed by atoms with Gasteiger partial charge in [0.15, 0.2) is 0 Å². The minimum atomic E-state index is 0.519. The predicted molar refractivity (Wildman–Crippen MR) is 120 cm³/mol. The molecule has 0 saturated carbocycles. The van der Waals surface area contributed by atoms with Gasteiger partial charge in [-0.25, -0.2) is 0 Å². The molecule has 1 atom stereocenters. The summed E-state index contributed by atoms with van der Waals surface area (Å²) < 4.78 is 0. The fraction of sp³-hybridized carbons (Fsp3) is 0.214. The van der Waals surface area contributed by atoms with Gasteiger partial charge in [-0.2, -0.15) is 0 Å². The molecule has 2 aliphatic rings. The van der Waals surface area contributed by atoms with Crippen molar-refractivity contribution in [3.05, 3.63) is 114 Å². The lowest BCUT2D eigenvalue weighted by molar-refractivity contribution is 0.633. The molecule has 138 valence electrons. The molecular formula is C28H26. The van der Waals surface area contributed by atoms with Crippen LogP contribution in [0.3, 0.4) is 0 Å². The molecule has 28 heavy (non-hydrogen) atoms. The van der Waals surface area contributed by atoms with Crippen molar-refractivity contribution < 1.29 is 0 Å². The molecule has 2 aliphatic carbocycles. The third-order valence-corrected chi connectivity index (χ3v) is 6.46. The number of fused-ring (bicyclic) bond motifs is 4. The van der Waals surface area contributed by atoms with Crippen molar-refractivity contribution in [3.8, 4) is 11.1 Å². The Balaban J connectivity index is 1.42. The minimum Gasteiger partial charge on any atom is -0.103 e. The minimum absolute atomic E-state index is 0.519. The Kier molecular flexibility index (Phi) is 4.49. The molecule has 0 aromatic heterocycles. The van der Waals surface area contributed by atoms with Crippen molar-refractivity contribution in [2.75, 3.05) is 0 Å². The summed E-state index contributed by atoms with van der Waals surface area (Å²) in [7, 11) is 0. The second-order valence-corrected chi connectivity index (χ2v) is 8.02. The van der Waals surface area contributed by atoms with E-state index in [1.54, 1.807) is 0 Å². The largest absolute Gasteiger partial charge is 0.103 e. The van der Waals surface area contributed by atoms with Gasteiger partial charge >= 0.3 is 0 Å². The zero-order valence-electron chi connectivity index (χ0n) is 16.3. The van der Waals surface area contributed by atoms with Crippen LogP contribution < -0.4 is 0 Å². The van der Waals surface area contributed by atoms with Crippen LogP contribution in [-0.2, 0) is 0 Å². The molecule has 0 amide bonds. The molecule has 1 unspecified atom stereocenters. The van der Waals surface area contributed by atoms with E-state index in [0.29, 0.717) is 11.8 Å². The van der Waals surface area contributed by atoms with Gasteiger partial charge in [-0.1, -0.05) is 84.9 Å². The van der Waals surface area contributed by atoms with Crippen molar-refractivity contribution >= 4 is 5.57 Å². The highest BCUT2D eigenvalue weighted by molar-refractivity contribution is 5.79. The average Bonchev–Trinajstić information content (AvgIpc) is 3.27. The summed E-state index contributed by atoms with van der Waals surface area (Å²) in [5, 5.41) is 0. The van der Waals surface area contributed by atoms with E-state index < -0.39 is 0 Å². The van der Waals surface area contributed by atoms with Crippen LogP contribution >= 0.6 is 0 Å². The Morgan fingerprint density at radius 3 is 1.89 bits per heavy atom. The van der Waals surface area contributed by atoms with Crippen molar-refractivity contribution in [2.45, 2.75) is 37.5 Å². The first kappa shape index (κ1) is 17.3. The standard InChI is InChI=1S/C28H26/c1-2-3-10-20-19-21(23-12-5-4-11-22(20)23)17-18-28-26-15-8-6-13-24(26)25-14-7-9-16-27(25)28/h2,4-9,11-16,19,21,28H,1,3,10,17-18H2. The summed E-state index contributed by atoms with van der Waals surface area (Å²) in [6.07, 6.45) is 9.10. The van der Waals surface area contributed by atoms with E-state index in [4.69, 9.17) is 0 Å². The maximum Gasteiger partial charge on any atom is 0.0102 e. The molecule has 0 nitrogen and oxygen atoms in total. The Labute approximate surface area is 168 Å². The third kappa shape index (κ3) is 2.85. The van der Waals surface area contributed by atoms with E-state index in [1.165, 1.54) is 51.8 Å². The summed E-state index contributed by atoms with van der Waals surface area (Å²) in [4.78, 5) is 0. The number of allylic oxidation sites excluding steroid dienone is 3. The molecule has 0 spiro atoms. The van der Waals surface area contributed by atoms with Crippen LogP contribution in [0.2, 0.25) is 0 Å². The lowest BCUT2D eigenvalue weighted by Crippen LogP contribution is -2.01. The summed E-state index contributed by atoms with van der Waals surface area (Å²) >= 11 is 0. The Hall–Kier alpha value is -2.86. The highest BCUT2D eigenvalue weighted by Crippen LogP contribution is 2.48. The summed E-state index contributed by atoms with van der Waals surface area (Å²) in [6.45, 7) is 3.90. The van der Waals surface area contributed by atoms with Crippen LogP contribution in [0.4, 0.5) is 0 Å². The van der Waals surface area contributed by atoms with Crippen LogP contribution in [-0.4, -0.2) is 0 Å². The normalized spacial score (nSPS) is 17.0. The third-order valence-electron chi connectivity index (χ3n) is 6.46. The molecule has 0 heterocycles. The molecule has 0 bridgehead atoms. The summed E-state index contributed by atoms with van der Waals surface area (Å²) in [5.74, 6) is 1.06. The van der Waals surface area contributed by atoms with Gasteiger partial charge in [-0.05, 0) is 64.6 Å². The molecule has 0 saturated heterocycles. The lowest BCUT2D eigenvalue weighted by Gasteiger charge is -2.17. The number of rotatable bonds is 6. The predicted octanol–water partition coefficient (Wildman–Crippen LogP) is 7.73. The molecular weight excluding hydrogens is 336 g/mol. The van der Waals surface area contributed by atoms with Crippen molar-refractivity contribution in [1.82, 2.24) is 0 Å². The zero-order valence-corrected chi connectivity index (χ0v) is 16.3. The van der Waals surface area contributed by atoms with Crippen LogP contribution in [0.25, 0.3) is 16.7 Å². The van der Waals surface area contributed by atoms with Crippen molar-refractivity contribution in [2.24, 2.45) is 0 Å². The second-order valence-electron chi connectivity index (χ2n) is 8.02. The number of hydrogen-bond acceptors (Lipinski definition) is 0. The first-order chi connectivity index (χ1) is 13.9.